The van der Waals surface area contributed by atoms with Crippen molar-refractivity contribution in [2.24, 2.45) is 5.73 Å². The molecule has 0 radical (unpaired) electrons. The van der Waals surface area contributed by atoms with Crippen LogP contribution in [0.2, 0.25) is 0 Å². The second kappa shape index (κ2) is 6.12. The van der Waals surface area contributed by atoms with E-state index < -0.39 is 0 Å². The van der Waals surface area contributed by atoms with Crippen LogP contribution >= 0.6 is 28.1 Å². The van der Waals surface area contributed by atoms with Crippen molar-refractivity contribution in [1.82, 2.24) is 4.98 Å². The van der Waals surface area contributed by atoms with Gasteiger partial charge in [0.15, 0.2) is 0 Å². The molecule has 1 aromatic heterocycles. The summed E-state index contributed by atoms with van der Waals surface area (Å²) in [6.45, 7) is 2.65. The quantitative estimate of drug-likeness (QED) is 0.841. The summed E-state index contributed by atoms with van der Waals surface area (Å²) in [5.41, 5.74) is 9.62. The number of hydrogen-bond donors (Lipinski definition) is 2. The van der Waals surface area contributed by atoms with E-state index in [2.05, 4.69) is 32.3 Å². The summed E-state index contributed by atoms with van der Waals surface area (Å²) in [6.07, 6.45) is 1.86. The van der Waals surface area contributed by atoms with Gasteiger partial charge in [0.1, 0.15) is 4.99 Å². The molecule has 0 unspecified atom stereocenters. The molecule has 0 bridgehead atoms. The fraction of sp³-hybridized carbons (Fsp3) is 0.143. The predicted molar refractivity (Wildman–Crippen MR) is 86.3 cm³/mol. The van der Waals surface area contributed by atoms with Crippen molar-refractivity contribution in [2.75, 3.05) is 5.32 Å². The molecule has 0 fully saturated rings. The second-order valence-corrected chi connectivity index (χ2v) is 5.57. The first kappa shape index (κ1) is 14.0. The molecule has 19 heavy (non-hydrogen) atoms. The molecule has 2 aromatic rings. The van der Waals surface area contributed by atoms with Crippen LogP contribution in [0.4, 0.5) is 5.69 Å². The monoisotopic (exact) mass is 335 g/mol. The Labute approximate surface area is 126 Å². The minimum Gasteiger partial charge on any atom is -0.389 e. The number of nitrogens with zero attached hydrogens (tertiary/aromatic N) is 1. The first-order chi connectivity index (χ1) is 9.06. The molecule has 1 heterocycles. The Bertz CT molecular complexity index is 596. The van der Waals surface area contributed by atoms with E-state index in [-0.39, 0.29) is 0 Å². The van der Waals surface area contributed by atoms with Crippen LogP contribution in [0.25, 0.3) is 0 Å². The number of rotatable bonds is 4. The highest BCUT2D eigenvalue weighted by Gasteiger charge is 2.05. The molecule has 3 nitrogen and oxygen atoms in total. The van der Waals surface area contributed by atoms with Gasteiger partial charge in [-0.1, -0.05) is 34.2 Å². The Morgan fingerprint density at radius 2 is 2.16 bits per heavy atom. The van der Waals surface area contributed by atoms with Crippen LogP contribution in [0.5, 0.6) is 0 Å². The van der Waals surface area contributed by atoms with Gasteiger partial charge < -0.3 is 11.1 Å². The Hall–Kier alpha value is -1.46. The molecule has 98 valence electrons. The molecule has 0 saturated carbocycles. The van der Waals surface area contributed by atoms with E-state index in [0.29, 0.717) is 11.5 Å². The first-order valence-electron chi connectivity index (χ1n) is 5.81. The van der Waals surface area contributed by atoms with Gasteiger partial charge in [-0.15, -0.1) is 0 Å². The van der Waals surface area contributed by atoms with Crippen molar-refractivity contribution >= 4 is 38.8 Å². The SMILES string of the molecule is Cc1ccc(CNc2ccc(Br)cc2C(N)=S)cn1. The lowest BCUT2D eigenvalue weighted by Crippen LogP contribution is -2.13. The number of halogens is 1. The number of aromatic nitrogens is 1. The number of aryl methyl sites for hydroxylation is 1. The molecular weight excluding hydrogens is 322 g/mol. The number of anilines is 1. The summed E-state index contributed by atoms with van der Waals surface area (Å²) in [6, 6.07) is 9.87. The van der Waals surface area contributed by atoms with Crippen LogP contribution in [-0.2, 0) is 6.54 Å². The van der Waals surface area contributed by atoms with E-state index in [9.17, 15) is 0 Å². The molecular formula is C14H14BrN3S. The molecule has 0 aliphatic carbocycles. The molecule has 2 rings (SSSR count). The Kier molecular flexibility index (Phi) is 4.50. The van der Waals surface area contributed by atoms with Crippen LogP contribution in [0.1, 0.15) is 16.8 Å². The topological polar surface area (TPSA) is 50.9 Å². The van der Waals surface area contributed by atoms with Gasteiger partial charge in [-0.05, 0) is 36.8 Å². The number of benzene rings is 1. The zero-order valence-corrected chi connectivity index (χ0v) is 12.9. The van der Waals surface area contributed by atoms with Crippen molar-refractivity contribution in [3.63, 3.8) is 0 Å². The summed E-state index contributed by atoms with van der Waals surface area (Å²) in [4.78, 5) is 4.65. The Morgan fingerprint density at radius 1 is 1.37 bits per heavy atom. The number of hydrogen-bond acceptors (Lipinski definition) is 3. The Balaban J connectivity index is 2.15. The number of pyridine rings is 1. The standard InChI is InChI=1S/C14H14BrN3S/c1-9-2-3-10(7-17-9)8-18-13-5-4-11(15)6-12(13)14(16)19/h2-7,18H,8H2,1H3,(H2,16,19). The van der Waals surface area contributed by atoms with Gasteiger partial charge in [-0.3, -0.25) is 4.98 Å². The minimum atomic E-state index is 0.380. The fourth-order valence-corrected chi connectivity index (χ4v) is 2.20. The summed E-state index contributed by atoms with van der Waals surface area (Å²) in [5.74, 6) is 0. The van der Waals surface area contributed by atoms with Crippen molar-refractivity contribution in [1.29, 1.82) is 0 Å². The predicted octanol–water partition coefficient (Wildman–Crippen LogP) is 3.40. The summed E-state index contributed by atoms with van der Waals surface area (Å²) < 4.78 is 0.956. The first-order valence-corrected chi connectivity index (χ1v) is 7.01. The third-order valence-electron chi connectivity index (χ3n) is 2.70. The van der Waals surface area contributed by atoms with Crippen LogP contribution in [0.3, 0.4) is 0 Å². The fourth-order valence-electron chi connectivity index (χ4n) is 1.67. The van der Waals surface area contributed by atoms with Gasteiger partial charge in [0, 0.05) is 34.2 Å². The van der Waals surface area contributed by atoms with Crippen LogP contribution in [0.15, 0.2) is 41.0 Å². The molecule has 0 aliphatic heterocycles. The van der Waals surface area contributed by atoms with E-state index in [1.54, 1.807) is 0 Å². The number of nitrogens with two attached hydrogens (primary N) is 1. The molecule has 0 aliphatic rings. The zero-order chi connectivity index (χ0) is 13.8. The highest BCUT2D eigenvalue weighted by Crippen LogP contribution is 2.21. The lowest BCUT2D eigenvalue weighted by Gasteiger charge is -2.11. The summed E-state index contributed by atoms with van der Waals surface area (Å²) in [5, 5.41) is 3.33. The van der Waals surface area contributed by atoms with E-state index in [4.69, 9.17) is 18.0 Å². The average Bonchev–Trinajstić information content (AvgIpc) is 2.39. The third-order valence-corrected chi connectivity index (χ3v) is 3.42. The van der Waals surface area contributed by atoms with Gasteiger partial charge in [0.05, 0.1) is 0 Å². The van der Waals surface area contributed by atoms with E-state index >= 15 is 0 Å². The van der Waals surface area contributed by atoms with E-state index in [1.807, 2.05) is 37.4 Å². The largest absolute Gasteiger partial charge is 0.389 e. The smallest absolute Gasteiger partial charge is 0.106 e. The van der Waals surface area contributed by atoms with Gasteiger partial charge in [-0.25, -0.2) is 0 Å². The number of thiocarbonyl (C=S) groups is 1. The van der Waals surface area contributed by atoms with Crippen molar-refractivity contribution < 1.29 is 0 Å². The van der Waals surface area contributed by atoms with Crippen LogP contribution in [0, 0.1) is 6.92 Å². The molecule has 0 atom stereocenters. The molecule has 0 saturated heterocycles. The van der Waals surface area contributed by atoms with Gasteiger partial charge in [-0.2, -0.15) is 0 Å². The van der Waals surface area contributed by atoms with Gasteiger partial charge in [0.2, 0.25) is 0 Å². The maximum absolute atomic E-state index is 5.73. The van der Waals surface area contributed by atoms with Gasteiger partial charge >= 0.3 is 0 Å². The average molecular weight is 336 g/mol. The normalized spacial score (nSPS) is 10.2. The minimum absolute atomic E-state index is 0.380. The van der Waals surface area contributed by atoms with Crippen molar-refractivity contribution in [2.45, 2.75) is 13.5 Å². The van der Waals surface area contributed by atoms with Crippen molar-refractivity contribution in [3.05, 3.63) is 57.8 Å². The second-order valence-electron chi connectivity index (χ2n) is 4.22. The highest BCUT2D eigenvalue weighted by molar-refractivity contribution is 9.10. The zero-order valence-electron chi connectivity index (χ0n) is 10.5. The molecule has 5 heteroatoms. The van der Waals surface area contributed by atoms with E-state index in [1.165, 1.54) is 0 Å². The van der Waals surface area contributed by atoms with Gasteiger partial charge in [0.25, 0.3) is 0 Å². The summed E-state index contributed by atoms with van der Waals surface area (Å²) >= 11 is 8.48. The molecule has 1 aromatic carbocycles. The molecule has 0 spiro atoms. The number of nitrogens with one attached hydrogen (secondary N) is 1. The van der Waals surface area contributed by atoms with E-state index in [0.717, 1.165) is 27.0 Å². The Morgan fingerprint density at radius 3 is 2.79 bits per heavy atom. The van der Waals surface area contributed by atoms with Crippen molar-refractivity contribution in [3.8, 4) is 0 Å². The lowest BCUT2D eigenvalue weighted by atomic mass is 10.1. The maximum Gasteiger partial charge on any atom is 0.106 e. The van der Waals surface area contributed by atoms with Crippen LogP contribution in [-0.4, -0.2) is 9.97 Å². The van der Waals surface area contributed by atoms with Crippen LogP contribution < -0.4 is 11.1 Å². The molecule has 0 amide bonds. The molecule has 3 N–H and O–H groups in total. The lowest BCUT2D eigenvalue weighted by molar-refractivity contribution is 1.08. The third kappa shape index (κ3) is 3.75. The maximum atomic E-state index is 5.73. The summed E-state index contributed by atoms with van der Waals surface area (Å²) in [7, 11) is 0. The highest BCUT2D eigenvalue weighted by atomic mass is 79.9.